The van der Waals surface area contributed by atoms with E-state index in [9.17, 15) is 19.6 Å². The smallest absolute Gasteiger partial charge is 0.303 e. The van der Waals surface area contributed by atoms with Crippen molar-refractivity contribution in [3.8, 4) is 6.07 Å². The van der Waals surface area contributed by atoms with Gasteiger partial charge in [0.25, 0.3) is 5.91 Å². The quantitative estimate of drug-likeness (QED) is 0.503. The molecule has 32 heavy (non-hydrogen) atoms. The zero-order valence-electron chi connectivity index (χ0n) is 17.9. The first-order chi connectivity index (χ1) is 15.3. The Morgan fingerprint density at radius 1 is 1.16 bits per heavy atom. The fraction of sp³-hybridized carbons (Fsp3) is 0.250. The molecule has 3 aromatic rings. The Labute approximate surface area is 185 Å². The number of hydrogen-bond acceptors (Lipinski definition) is 4. The van der Waals surface area contributed by atoms with Gasteiger partial charge in [-0.2, -0.15) is 5.26 Å². The number of carbonyl (C=O) groups excluding carboxylic acids is 2. The topological polar surface area (TPSA) is 124 Å². The summed E-state index contributed by atoms with van der Waals surface area (Å²) in [6.45, 7) is 1.75. The molecule has 164 valence electrons. The molecule has 0 spiro atoms. The average Bonchev–Trinajstić information content (AvgIpc) is 3.21. The van der Waals surface area contributed by atoms with Crippen molar-refractivity contribution in [1.82, 2.24) is 9.88 Å². The molecule has 3 rings (SSSR count). The Kier molecular flexibility index (Phi) is 6.90. The van der Waals surface area contributed by atoms with E-state index in [1.165, 1.54) is 0 Å². The molecule has 2 aromatic carbocycles. The molecule has 0 saturated carbocycles. The van der Waals surface area contributed by atoms with Crippen LogP contribution in [0.2, 0.25) is 0 Å². The molecule has 0 fully saturated rings. The minimum Gasteiger partial charge on any atom is -0.481 e. The first kappa shape index (κ1) is 22.6. The lowest BCUT2D eigenvalue weighted by Crippen LogP contribution is -2.24. The Morgan fingerprint density at radius 2 is 1.94 bits per heavy atom. The average molecular weight is 432 g/mol. The van der Waals surface area contributed by atoms with Crippen LogP contribution >= 0.6 is 0 Å². The Hall–Kier alpha value is -4.12. The van der Waals surface area contributed by atoms with Crippen molar-refractivity contribution in [3.05, 3.63) is 65.4 Å². The Bertz CT molecular complexity index is 1220. The van der Waals surface area contributed by atoms with Gasteiger partial charge in [-0.3, -0.25) is 14.4 Å². The van der Waals surface area contributed by atoms with Crippen molar-refractivity contribution in [3.63, 3.8) is 0 Å². The summed E-state index contributed by atoms with van der Waals surface area (Å²) in [6.07, 6.45) is 2.70. The van der Waals surface area contributed by atoms with Crippen LogP contribution in [-0.2, 0) is 16.0 Å². The van der Waals surface area contributed by atoms with Gasteiger partial charge in [-0.25, -0.2) is 0 Å². The van der Waals surface area contributed by atoms with E-state index in [1.807, 2.05) is 12.1 Å². The number of aromatic nitrogens is 1. The number of nitrogens with zero attached hydrogens (tertiary/aromatic N) is 2. The number of amides is 2. The molecule has 0 saturated heterocycles. The van der Waals surface area contributed by atoms with Gasteiger partial charge in [0.2, 0.25) is 5.91 Å². The predicted octanol–water partition coefficient (Wildman–Crippen LogP) is 3.48. The minimum absolute atomic E-state index is 0.0207. The molecule has 1 heterocycles. The van der Waals surface area contributed by atoms with Crippen LogP contribution in [0.3, 0.4) is 0 Å². The number of aliphatic carboxylic acids is 1. The third-order valence-corrected chi connectivity index (χ3v) is 5.34. The second-order valence-corrected chi connectivity index (χ2v) is 7.47. The molecule has 8 heteroatoms. The van der Waals surface area contributed by atoms with E-state index in [-0.39, 0.29) is 18.2 Å². The number of nitrogens with one attached hydrogen (secondary N) is 2. The summed E-state index contributed by atoms with van der Waals surface area (Å²) in [4.78, 5) is 35.9. The van der Waals surface area contributed by atoms with Gasteiger partial charge in [-0.05, 0) is 61.0 Å². The van der Waals surface area contributed by atoms with Crippen LogP contribution in [0.4, 0.5) is 5.69 Å². The highest BCUT2D eigenvalue weighted by atomic mass is 16.4. The first-order valence-corrected chi connectivity index (χ1v) is 10.2. The molecule has 3 N–H and O–H groups in total. The van der Waals surface area contributed by atoms with Crippen LogP contribution in [0.25, 0.3) is 10.9 Å². The summed E-state index contributed by atoms with van der Waals surface area (Å²) >= 11 is 0. The predicted molar refractivity (Wildman–Crippen MR) is 120 cm³/mol. The second-order valence-electron chi connectivity index (χ2n) is 7.47. The molecular weight excluding hydrogens is 408 g/mol. The summed E-state index contributed by atoms with van der Waals surface area (Å²) < 4.78 is 1.79. The lowest BCUT2D eigenvalue weighted by Gasteiger charge is -2.18. The number of fused-ring (bicyclic) bond motifs is 1. The maximum Gasteiger partial charge on any atom is 0.303 e. The van der Waals surface area contributed by atoms with Gasteiger partial charge in [0, 0.05) is 36.4 Å². The lowest BCUT2D eigenvalue weighted by molar-refractivity contribution is -0.137. The number of hydrogen-bond donors (Lipinski definition) is 3. The van der Waals surface area contributed by atoms with Crippen molar-refractivity contribution in [2.24, 2.45) is 0 Å². The summed E-state index contributed by atoms with van der Waals surface area (Å²) in [7, 11) is 1.56. The molecule has 0 aliphatic heterocycles. The van der Waals surface area contributed by atoms with Gasteiger partial charge < -0.3 is 20.3 Å². The zero-order chi connectivity index (χ0) is 23.3. The van der Waals surface area contributed by atoms with Crippen LogP contribution in [0.5, 0.6) is 0 Å². The van der Waals surface area contributed by atoms with E-state index in [1.54, 1.807) is 55.1 Å². The molecule has 1 atom stereocenters. The van der Waals surface area contributed by atoms with Crippen LogP contribution in [-0.4, -0.2) is 34.5 Å². The fourth-order valence-corrected chi connectivity index (χ4v) is 3.55. The molecule has 0 aliphatic carbocycles. The van der Waals surface area contributed by atoms with Gasteiger partial charge in [0.15, 0.2) is 0 Å². The van der Waals surface area contributed by atoms with E-state index in [4.69, 9.17) is 5.11 Å². The van der Waals surface area contributed by atoms with E-state index in [0.29, 0.717) is 29.7 Å². The minimum atomic E-state index is -0.881. The Balaban J connectivity index is 1.86. The van der Waals surface area contributed by atoms with Crippen LogP contribution in [0.1, 0.15) is 47.3 Å². The number of rotatable bonds is 8. The number of benzene rings is 2. The van der Waals surface area contributed by atoms with Gasteiger partial charge in [0.1, 0.15) is 6.04 Å². The molecule has 0 aliphatic rings. The van der Waals surface area contributed by atoms with Crippen molar-refractivity contribution in [1.29, 1.82) is 5.26 Å². The maximum atomic E-state index is 13.1. The highest BCUT2D eigenvalue weighted by molar-refractivity contribution is 5.99. The number of carboxylic acids is 1. The number of carboxylic acid groups (broad SMARTS) is 1. The first-order valence-electron chi connectivity index (χ1n) is 10.2. The molecule has 0 bridgehead atoms. The van der Waals surface area contributed by atoms with Gasteiger partial charge >= 0.3 is 5.97 Å². The highest BCUT2D eigenvalue weighted by Gasteiger charge is 2.19. The van der Waals surface area contributed by atoms with E-state index in [0.717, 1.165) is 16.5 Å². The molecular formula is C24H24N4O4. The fourth-order valence-electron chi connectivity index (χ4n) is 3.55. The van der Waals surface area contributed by atoms with E-state index in [2.05, 4.69) is 16.7 Å². The number of anilines is 1. The summed E-state index contributed by atoms with van der Waals surface area (Å²) in [5, 5.41) is 24.5. The van der Waals surface area contributed by atoms with Gasteiger partial charge in [0.05, 0.1) is 11.6 Å². The van der Waals surface area contributed by atoms with Crippen molar-refractivity contribution < 1.29 is 19.5 Å². The molecule has 0 radical (unpaired) electrons. The molecule has 1 unspecified atom stereocenters. The zero-order valence-corrected chi connectivity index (χ0v) is 17.9. The monoisotopic (exact) mass is 432 g/mol. The largest absolute Gasteiger partial charge is 0.481 e. The SMILES string of the molecule is CNC(=O)c1ccc2ccn(C(C)C(=O)Nc3cc(C#N)ccc3CCCC(=O)O)c2c1. The number of aryl methyl sites for hydroxylation is 1. The number of carbonyl (C=O) groups is 3. The van der Waals surface area contributed by atoms with Crippen LogP contribution in [0.15, 0.2) is 48.7 Å². The highest BCUT2D eigenvalue weighted by Crippen LogP contribution is 2.25. The van der Waals surface area contributed by atoms with Crippen molar-refractivity contribution >= 4 is 34.4 Å². The van der Waals surface area contributed by atoms with Crippen LogP contribution in [0, 0.1) is 11.3 Å². The van der Waals surface area contributed by atoms with E-state index < -0.39 is 12.0 Å². The van der Waals surface area contributed by atoms with Crippen LogP contribution < -0.4 is 10.6 Å². The summed E-state index contributed by atoms with van der Waals surface area (Å²) in [6, 6.07) is 13.6. The third-order valence-electron chi connectivity index (χ3n) is 5.34. The number of nitriles is 1. The third kappa shape index (κ3) is 4.95. The van der Waals surface area contributed by atoms with Crippen molar-refractivity contribution in [2.45, 2.75) is 32.2 Å². The normalized spacial score (nSPS) is 11.5. The lowest BCUT2D eigenvalue weighted by atomic mass is 10.0. The molecule has 1 aromatic heterocycles. The second kappa shape index (κ2) is 9.79. The molecule has 2 amide bonds. The Morgan fingerprint density at radius 3 is 2.62 bits per heavy atom. The summed E-state index contributed by atoms with van der Waals surface area (Å²) in [5.74, 6) is -1.38. The summed E-state index contributed by atoms with van der Waals surface area (Å²) in [5.41, 5.74) is 2.91. The van der Waals surface area contributed by atoms with E-state index >= 15 is 0 Å². The van der Waals surface area contributed by atoms with Gasteiger partial charge in [-0.15, -0.1) is 0 Å². The van der Waals surface area contributed by atoms with Gasteiger partial charge in [-0.1, -0.05) is 12.1 Å². The molecule has 8 nitrogen and oxygen atoms in total. The standard InChI is InChI=1S/C24H24N4O4/c1-15(28-11-10-18-8-9-19(13-21(18)28)24(32)26-2)23(31)27-20-12-16(14-25)6-7-17(20)4-3-5-22(29)30/h6-13,15H,3-5H2,1-2H3,(H,26,32)(H,27,31)(H,29,30). The van der Waals surface area contributed by atoms with Crippen molar-refractivity contribution in [2.75, 3.05) is 12.4 Å². The maximum absolute atomic E-state index is 13.1.